The van der Waals surface area contributed by atoms with E-state index in [1.807, 2.05) is 6.07 Å². The number of carbonyl (C=O) groups excluding carboxylic acids is 2. The molecule has 2 amide bonds. The zero-order valence-corrected chi connectivity index (χ0v) is 15.8. The lowest BCUT2D eigenvalue weighted by molar-refractivity contribution is -0.147. The number of likely N-dealkylation sites (tertiary alicyclic amines) is 1. The highest BCUT2D eigenvalue weighted by molar-refractivity contribution is 7.89. The molecule has 2 aromatic rings. The number of sulfonamides is 1. The van der Waals surface area contributed by atoms with Gasteiger partial charge in [-0.1, -0.05) is 11.2 Å². The number of pyridine rings is 1. The maximum absolute atomic E-state index is 12.5. The minimum atomic E-state index is -3.57. The standard InChI is InChI=1S/C17H19N5O5S/c23-14-5-3-6-15(24)22(14)8-9-28(25,26)21-10-12(11-21)17-19-16(20-27-17)13-4-1-2-7-18-13/h1-2,4,7,12H,3,5-6,8-11H2. The second-order valence-corrected chi connectivity index (χ2v) is 8.88. The fraction of sp³-hybridized carbons (Fsp3) is 0.471. The molecule has 0 radical (unpaired) electrons. The van der Waals surface area contributed by atoms with Crippen LogP contribution >= 0.6 is 0 Å². The number of hydrogen-bond acceptors (Lipinski definition) is 8. The predicted molar refractivity (Wildman–Crippen MR) is 96.2 cm³/mol. The topological polar surface area (TPSA) is 127 Å². The molecule has 2 saturated heterocycles. The van der Waals surface area contributed by atoms with Gasteiger partial charge in [-0.05, 0) is 18.6 Å². The van der Waals surface area contributed by atoms with E-state index < -0.39 is 10.0 Å². The van der Waals surface area contributed by atoms with Crippen LogP contribution in [0.4, 0.5) is 0 Å². The van der Waals surface area contributed by atoms with Gasteiger partial charge < -0.3 is 4.52 Å². The molecular formula is C17H19N5O5S. The monoisotopic (exact) mass is 405 g/mol. The van der Waals surface area contributed by atoms with Crippen LogP contribution in [0.15, 0.2) is 28.9 Å². The number of amides is 2. The second-order valence-electron chi connectivity index (χ2n) is 6.79. The van der Waals surface area contributed by atoms with Crippen LogP contribution in [0, 0.1) is 0 Å². The smallest absolute Gasteiger partial charge is 0.232 e. The molecule has 2 aliphatic rings. The number of nitrogens with zero attached hydrogens (tertiary/aromatic N) is 5. The van der Waals surface area contributed by atoms with Gasteiger partial charge >= 0.3 is 0 Å². The number of piperidine rings is 1. The molecule has 4 heterocycles. The highest BCUT2D eigenvalue weighted by atomic mass is 32.2. The molecule has 2 aliphatic heterocycles. The van der Waals surface area contributed by atoms with Crippen molar-refractivity contribution in [3.05, 3.63) is 30.3 Å². The van der Waals surface area contributed by atoms with Gasteiger partial charge in [0.2, 0.25) is 33.6 Å². The van der Waals surface area contributed by atoms with Gasteiger partial charge in [-0.3, -0.25) is 19.5 Å². The van der Waals surface area contributed by atoms with E-state index in [1.165, 1.54) is 4.31 Å². The van der Waals surface area contributed by atoms with Crippen molar-refractivity contribution in [1.82, 2.24) is 24.3 Å². The van der Waals surface area contributed by atoms with Gasteiger partial charge in [-0.25, -0.2) is 12.7 Å². The Morgan fingerprint density at radius 2 is 1.89 bits per heavy atom. The first-order valence-corrected chi connectivity index (χ1v) is 10.6. The fourth-order valence-electron chi connectivity index (χ4n) is 3.21. The summed E-state index contributed by atoms with van der Waals surface area (Å²) in [5.74, 6) is -0.340. The van der Waals surface area contributed by atoms with Crippen LogP contribution in [0.1, 0.15) is 31.1 Å². The van der Waals surface area contributed by atoms with Crippen molar-refractivity contribution >= 4 is 21.8 Å². The molecule has 0 spiro atoms. The van der Waals surface area contributed by atoms with E-state index in [9.17, 15) is 18.0 Å². The van der Waals surface area contributed by atoms with Crippen LogP contribution in [0.5, 0.6) is 0 Å². The number of carbonyl (C=O) groups is 2. The Morgan fingerprint density at radius 3 is 2.57 bits per heavy atom. The third-order valence-corrected chi connectivity index (χ3v) is 6.67. The molecule has 10 nitrogen and oxygen atoms in total. The molecule has 0 aliphatic carbocycles. The quantitative estimate of drug-likeness (QED) is 0.632. The number of hydrogen-bond donors (Lipinski definition) is 0. The fourth-order valence-corrected chi connectivity index (χ4v) is 4.69. The summed E-state index contributed by atoms with van der Waals surface area (Å²) in [4.78, 5) is 33.1. The summed E-state index contributed by atoms with van der Waals surface area (Å²) in [5, 5.41) is 3.89. The number of aromatic nitrogens is 3. The van der Waals surface area contributed by atoms with Crippen molar-refractivity contribution in [1.29, 1.82) is 0 Å². The summed E-state index contributed by atoms with van der Waals surface area (Å²) in [7, 11) is -3.57. The van der Waals surface area contributed by atoms with Crippen molar-refractivity contribution in [3.63, 3.8) is 0 Å². The number of imide groups is 1. The Kier molecular flexibility index (Phi) is 4.94. The molecule has 2 fully saturated rings. The highest BCUT2D eigenvalue weighted by Crippen LogP contribution is 2.29. The van der Waals surface area contributed by atoms with Gasteiger partial charge in [0.1, 0.15) is 5.69 Å². The van der Waals surface area contributed by atoms with Gasteiger partial charge in [0.05, 0.1) is 11.7 Å². The number of rotatable bonds is 6. The van der Waals surface area contributed by atoms with Gasteiger partial charge in [0, 0.05) is 38.7 Å². The average Bonchev–Trinajstić information content (AvgIpc) is 3.10. The predicted octanol–water partition coefficient (Wildman–Crippen LogP) is 0.400. The first-order chi connectivity index (χ1) is 13.4. The Morgan fingerprint density at radius 1 is 1.14 bits per heavy atom. The lowest BCUT2D eigenvalue weighted by atomic mass is 10.0. The van der Waals surface area contributed by atoms with E-state index in [0.29, 0.717) is 23.8 Å². The van der Waals surface area contributed by atoms with Crippen LogP contribution < -0.4 is 0 Å². The largest absolute Gasteiger partial charge is 0.339 e. The van der Waals surface area contributed by atoms with Crippen molar-refractivity contribution in [2.45, 2.75) is 25.2 Å². The van der Waals surface area contributed by atoms with Gasteiger partial charge in [0.25, 0.3) is 0 Å². The summed E-state index contributed by atoms with van der Waals surface area (Å²) in [6, 6.07) is 5.35. The van der Waals surface area contributed by atoms with Crippen molar-refractivity contribution in [2.75, 3.05) is 25.4 Å². The van der Waals surface area contributed by atoms with Crippen molar-refractivity contribution in [3.8, 4) is 11.5 Å². The zero-order valence-electron chi connectivity index (χ0n) is 15.0. The normalized spacial score (nSPS) is 19.1. The molecule has 0 bridgehead atoms. The van der Waals surface area contributed by atoms with E-state index in [1.54, 1.807) is 18.3 Å². The van der Waals surface area contributed by atoms with Crippen LogP contribution in [0.3, 0.4) is 0 Å². The SMILES string of the molecule is O=C1CCCC(=O)N1CCS(=O)(=O)N1CC(c2nc(-c3ccccn3)no2)C1. The van der Waals surface area contributed by atoms with Gasteiger partial charge in [-0.15, -0.1) is 0 Å². The molecular weight excluding hydrogens is 386 g/mol. The van der Waals surface area contributed by atoms with Crippen molar-refractivity contribution < 1.29 is 22.5 Å². The Hall–Kier alpha value is -2.66. The lowest BCUT2D eigenvalue weighted by Gasteiger charge is -2.36. The Balaban J connectivity index is 1.33. The van der Waals surface area contributed by atoms with Crippen LogP contribution in [0.2, 0.25) is 0 Å². The third-order valence-electron chi connectivity index (χ3n) is 4.88. The summed E-state index contributed by atoms with van der Waals surface area (Å²) >= 11 is 0. The molecule has 0 atom stereocenters. The van der Waals surface area contributed by atoms with Crippen LogP contribution in [0.25, 0.3) is 11.5 Å². The second kappa shape index (κ2) is 7.40. The first kappa shape index (κ1) is 18.7. The van der Waals surface area contributed by atoms with E-state index in [4.69, 9.17) is 4.52 Å². The molecule has 0 aromatic carbocycles. The molecule has 0 saturated carbocycles. The first-order valence-electron chi connectivity index (χ1n) is 9.00. The minimum Gasteiger partial charge on any atom is -0.339 e. The Bertz CT molecular complexity index is 968. The molecule has 0 unspecified atom stereocenters. The highest BCUT2D eigenvalue weighted by Gasteiger charge is 2.40. The minimum absolute atomic E-state index is 0.106. The van der Waals surface area contributed by atoms with Crippen LogP contribution in [-0.2, 0) is 19.6 Å². The third kappa shape index (κ3) is 3.67. The summed E-state index contributed by atoms with van der Waals surface area (Å²) in [6.45, 7) is 0.355. The van der Waals surface area contributed by atoms with E-state index >= 15 is 0 Å². The van der Waals surface area contributed by atoms with Gasteiger partial charge in [0.15, 0.2) is 0 Å². The molecule has 11 heteroatoms. The summed E-state index contributed by atoms with van der Waals surface area (Å²) in [6.07, 6.45) is 2.72. The molecule has 0 N–H and O–H groups in total. The summed E-state index contributed by atoms with van der Waals surface area (Å²) < 4.78 is 31.5. The maximum Gasteiger partial charge on any atom is 0.232 e. The molecule has 2 aromatic heterocycles. The van der Waals surface area contributed by atoms with Crippen LogP contribution in [-0.4, -0.2) is 69.9 Å². The van der Waals surface area contributed by atoms with E-state index in [0.717, 1.165) is 4.90 Å². The zero-order chi connectivity index (χ0) is 19.7. The lowest BCUT2D eigenvalue weighted by Crippen LogP contribution is -2.51. The maximum atomic E-state index is 12.5. The van der Waals surface area contributed by atoms with E-state index in [2.05, 4.69) is 15.1 Å². The van der Waals surface area contributed by atoms with Crippen molar-refractivity contribution in [2.24, 2.45) is 0 Å². The summed E-state index contributed by atoms with van der Waals surface area (Å²) in [5.41, 5.74) is 0.581. The van der Waals surface area contributed by atoms with Gasteiger partial charge in [-0.2, -0.15) is 4.98 Å². The average molecular weight is 405 g/mol. The molecule has 148 valence electrons. The Labute approximate surface area is 161 Å². The molecule has 28 heavy (non-hydrogen) atoms. The molecule has 4 rings (SSSR count). The van der Waals surface area contributed by atoms with E-state index in [-0.39, 0.29) is 56.0 Å².